The Labute approximate surface area is 154 Å². The first-order valence-electron chi connectivity index (χ1n) is 7.25. The summed E-state index contributed by atoms with van der Waals surface area (Å²) < 4.78 is 35.7. The van der Waals surface area contributed by atoms with Crippen LogP contribution in [0.3, 0.4) is 0 Å². The molecule has 0 spiro atoms. The number of nitrogen functional groups attached to an aromatic ring is 2. The number of aliphatic carboxylic acids is 1. The van der Waals surface area contributed by atoms with Gasteiger partial charge in [-0.05, 0) is 29.8 Å². The van der Waals surface area contributed by atoms with Crippen molar-refractivity contribution in [3.05, 3.63) is 29.8 Å². The summed E-state index contributed by atoms with van der Waals surface area (Å²) in [6.45, 7) is 0. The molecule has 28 heavy (non-hydrogen) atoms. The van der Waals surface area contributed by atoms with Crippen molar-refractivity contribution in [3.63, 3.8) is 0 Å². The van der Waals surface area contributed by atoms with E-state index < -0.39 is 42.5 Å². The number of alkyl halides is 3. The Bertz CT molecular complexity index is 809. The SMILES string of the molecule is Nc1ccc(N)c(/C=C/C(=O)N[C@@H](CC(=O)OOC(=O)C(F)(F)F)C(=O)O)c1. The number of rotatable bonds is 6. The molecule has 6 N–H and O–H groups in total. The Balaban J connectivity index is 2.66. The minimum Gasteiger partial charge on any atom is -0.480 e. The average Bonchev–Trinajstić information content (AvgIpc) is 2.58. The summed E-state index contributed by atoms with van der Waals surface area (Å²) in [5.74, 6) is -7.09. The number of hydrogen-bond donors (Lipinski definition) is 4. The summed E-state index contributed by atoms with van der Waals surface area (Å²) in [6.07, 6.45) is -4.39. The highest BCUT2D eigenvalue weighted by molar-refractivity contribution is 5.96. The van der Waals surface area contributed by atoms with E-state index in [1.165, 1.54) is 24.3 Å². The lowest BCUT2D eigenvalue weighted by Gasteiger charge is -2.12. The molecule has 0 aromatic heterocycles. The number of carbonyl (C=O) groups is 4. The van der Waals surface area contributed by atoms with E-state index in [-0.39, 0.29) is 5.69 Å². The molecule has 10 nitrogen and oxygen atoms in total. The van der Waals surface area contributed by atoms with Crippen LogP contribution in [0.1, 0.15) is 12.0 Å². The molecule has 0 saturated carbocycles. The van der Waals surface area contributed by atoms with Gasteiger partial charge in [0.1, 0.15) is 6.04 Å². The fraction of sp³-hybridized carbons (Fsp3) is 0.200. The highest BCUT2D eigenvalue weighted by Gasteiger charge is 2.43. The first-order chi connectivity index (χ1) is 12.9. The molecule has 1 aromatic carbocycles. The van der Waals surface area contributed by atoms with Crippen molar-refractivity contribution in [2.45, 2.75) is 18.6 Å². The van der Waals surface area contributed by atoms with E-state index in [4.69, 9.17) is 16.6 Å². The lowest BCUT2D eigenvalue weighted by atomic mass is 10.1. The van der Waals surface area contributed by atoms with Crippen LogP contribution in [-0.2, 0) is 29.0 Å². The van der Waals surface area contributed by atoms with Crippen LogP contribution >= 0.6 is 0 Å². The van der Waals surface area contributed by atoms with Crippen molar-refractivity contribution in [2.75, 3.05) is 11.5 Å². The van der Waals surface area contributed by atoms with Gasteiger partial charge in [0.05, 0.1) is 6.42 Å². The number of halogens is 3. The van der Waals surface area contributed by atoms with Gasteiger partial charge in [0.2, 0.25) is 5.91 Å². The van der Waals surface area contributed by atoms with Crippen molar-refractivity contribution in [3.8, 4) is 0 Å². The van der Waals surface area contributed by atoms with Gasteiger partial charge in [-0.15, -0.1) is 0 Å². The van der Waals surface area contributed by atoms with Gasteiger partial charge < -0.3 is 21.9 Å². The van der Waals surface area contributed by atoms with Crippen molar-refractivity contribution in [1.82, 2.24) is 5.32 Å². The third-order valence-electron chi connectivity index (χ3n) is 2.95. The quantitative estimate of drug-likeness (QED) is 0.226. The summed E-state index contributed by atoms with van der Waals surface area (Å²) in [6, 6.07) is 2.57. The second kappa shape index (κ2) is 9.25. The van der Waals surface area contributed by atoms with Gasteiger partial charge in [0, 0.05) is 17.5 Å². The number of carbonyl (C=O) groups excluding carboxylic acids is 3. The predicted molar refractivity (Wildman–Crippen MR) is 86.7 cm³/mol. The van der Waals surface area contributed by atoms with Crippen LogP contribution in [0, 0.1) is 0 Å². The fourth-order valence-corrected chi connectivity index (χ4v) is 1.66. The van der Waals surface area contributed by atoms with Crippen molar-refractivity contribution < 1.29 is 47.2 Å². The first kappa shape index (κ1) is 22.3. The molecule has 0 aliphatic carbocycles. The minimum absolute atomic E-state index is 0.281. The van der Waals surface area contributed by atoms with E-state index >= 15 is 0 Å². The van der Waals surface area contributed by atoms with Gasteiger partial charge in [-0.2, -0.15) is 13.2 Å². The Morgan fingerprint density at radius 3 is 2.39 bits per heavy atom. The van der Waals surface area contributed by atoms with Crippen molar-refractivity contribution >= 4 is 41.3 Å². The molecule has 0 bridgehead atoms. The van der Waals surface area contributed by atoms with E-state index in [1.807, 2.05) is 5.32 Å². The summed E-state index contributed by atoms with van der Waals surface area (Å²) in [4.78, 5) is 51.4. The number of carboxylic acid groups (broad SMARTS) is 1. The molecule has 152 valence electrons. The summed E-state index contributed by atoms with van der Waals surface area (Å²) in [5, 5.41) is 10.9. The highest BCUT2D eigenvalue weighted by Crippen LogP contribution is 2.17. The molecule has 0 unspecified atom stereocenters. The number of nitrogens with one attached hydrogen (secondary N) is 1. The molecule has 1 aromatic rings. The maximum Gasteiger partial charge on any atom is 0.495 e. The van der Waals surface area contributed by atoms with Gasteiger partial charge in [-0.3, -0.25) is 4.79 Å². The molecule has 13 heteroatoms. The molecular formula is C15H14F3N3O7. The van der Waals surface area contributed by atoms with E-state index in [2.05, 4.69) is 9.78 Å². The Hall–Kier alpha value is -3.77. The van der Waals surface area contributed by atoms with Gasteiger partial charge in [-0.1, -0.05) is 0 Å². The van der Waals surface area contributed by atoms with Crippen LogP contribution in [0.5, 0.6) is 0 Å². The molecule has 0 aliphatic rings. The van der Waals surface area contributed by atoms with E-state index in [0.717, 1.165) is 6.08 Å². The van der Waals surface area contributed by atoms with Crippen molar-refractivity contribution in [1.29, 1.82) is 0 Å². The van der Waals surface area contributed by atoms with Crippen LogP contribution in [0.15, 0.2) is 24.3 Å². The average molecular weight is 405 g/mol. The number of carboxylic acids is 1. The molecule has 1 atom stereocenters. The summed E-state index contributed by atoms with van der Waals surface area (Å²) >= 11 is 0. The lowest BCUT2D eigenvalue weighted by Crippen LogP contribution is -2.42. The molecule has 0 aliphatic heterocycles. The highest BCUT2D eigenvalue weighted by atomic mass is 19.4. The standard InChI is InChI=1S/C15H14F3N3O7/c16-15(17,18)14(26)28-27-12(23)6-10(13(24)25)21-11(22)4-1-7-5-8(19)2-3-9(7)20/h1-5,10H,6,19-20H2,(H,21,22)(H,24,25)/b4-1+/t10-/m0/s1. The normalized spacial score (nSPS) is 12.2. The zero-order valence-electron chi connectivity index (χ0n) is 13.9. The smallest absolute Gasteiger partial charge is 0.480 e. The number of amides is 1. The number of benzene rings is 1. The molecule has 0 saturated heterocycles. The number of anilines is 2. The van der Waals surface area contributed by atoms with Gasteiger partial charge >= 0.3 is 24.1 Å². The maximum absolute atomic E-state index is 11.9. The molecule has 0 radical (unpaired) electrons. The number of hydrogen-bond acceptors (Lipinski definition) is 8. The molecule has 1 amide bonds. The van der Waals surface area contributed by atoms with Gasteiger partial charge in [0.15, 0.2) is 0 Å². The lowest BCUT2D eigenvalue weighted by molar-refractivity contribution is -0.286. The number of nitrogens with two attached hydrogens (primary N) is 2. The third kappa shape index (κ3) is 7.23. The van der Waals surface area contributed by atoms with E-state index in [1.54, 1.807) is 0 Å². The maximum atomic E-state index is 11.9. The zero-order valence-corrected chi connectivity index (χ0v) is 13.9. The third-order valence-corrected chi connectivity index (χ3v) is 2.95. The summed E-state index contributed by atoms with van der Waals surface area (Å²) in [7, 11) is 0. The van der Waals surface area contributed by atoms with Crippen LogP contribution in [-0.4, -0.2) is 41.1 Å². The summed E-state index contributed by atoms with van der Waals surface area (Å²) in [5.41, 5.74) is 12.2. The fourth-order valence-electron chi connectivity index (χ4n) is 1.66. The van der Waals surface area contributed by atoms with Crippen LogP contribution < -0.4 is 16.8 Å². The van der Waals surface area contributed by atoms with E-state index in [0.29, 0.717) is 11.3 Å². The first-order valence-corrected chi connectivity index (χ1v) is 7.25. The van der Waals surface area contributed by atoms with Crippen LogP contribution in [0.4, 0.5) is 24.5 Å². The van der Waals surface area contributed by atoms with Gasteiger partial charge in [0.25, 0.3) is 0 Å². The Morgan fingerprint density at radius 2 is 1.82 bits per heavy atom. The molecule has 0 fully saturated rings. The largest absolute Gasteiger partial charge is 0.495 e. The molecule has 0 heterocycles. The zero-order chi connectivity index (χ0) is 21.5. The monoisotopic (exact) mass is 405 g/mol. The Kier molecular flexibility index (Phi) is 7.36. The molecular weight excluding hydrogens is 391 g/mol. The van der Waals surface area contributed by atoms with E-state index in [9.17, 15) is 32.3 Å². The van der Waals surface area contributed by atoms with Crippen molar-refractivity contribution in [2.24, 2.45) is 0 Å². The topological polar surface area (TPSA) is 171 Å². The minimum atomic E-state index is -5.41. The van der Waals surface area contributed by atoms with Crippen LogP contribution in [0.25, 0.3) is 6.08 Å². The Morgan fingerprint density at radius 1 is 1.18 bits per heavy atom. The molecule has 1 rings (SSSR count). The van der Waals surface area contributed by atoms with Gasteiger partial charge in [-0.25, -0.2) is 24.2 Å². The second-order valence-electron chi connectivity index (χ2n) is 5.15. The van der Waals surface area contributed by atoms with Crippen LogP contribution in [0.2, 0.25) is 0 Å². The second-order valence-corrected chi connectivity index (χ2v) is 5.15. The predicted octanol–water partition coefficient (Wildman–Crippen LogP) is 0.387.